The molecule has 0 spiro atoms. The van der Waals surface area contributed by atoms with E-state index in [0.29, 0.717) is 0 Å². The molecule has 0 saturated carbocycles. The molecular weight excluding hydrogens is 705 g/mol. The van der Waals surface area contributed by atoms with Crippen molar-refractivity contribution in [1.82, 2.24) is 0 Å². The Kier molecular flexibility index (Phi) is 28.3. The predicted octanol–water partition coefficient (Wildman–Crippen LogP) is 11.5. The van der Waals surface area contributed by atoms with Crippen LogP contribution in [-0.2, 0) is 28.7 Å². The summed E-state index contributed by atoms with van der Waals surface area (Å²) in [5.74, 6) is -3.04. The van der Waals surface area contributed by atoms with Crippen LogP contribution in [0.5, 0.6) is 0 Å². The molecule has 8 nitrogen and oxygen atoms in total. The second-order valence-electron chi connectivity index (χ2n) is 13.5. The Balaban J connectivity index is 4.73. The van der Waals surface area contributed by atoms with Gasteiger partial charge in [-0.05, 0) is 79.4 Å². The lowest BCUT2D eigenvalue weighted by atomic mass is 10.1. The first kappa shape index (κ1) is 50.2. The van der Waals surface area contributed by atoms with Gasteiger partial charge in [0.15, 0.2) is 0 Å². The zero-order valence-corrected chi connectivity index (χ0v) is 34.5. The van der Waals surface area contributed by atoms with E-state index >= 15 is 0 Å². The third-order valence-corrected chi connectivity index (χ3v) is 7.50. The maximum atomic E-state index is 11.5. The van der Waals surface area contributed by atoms with Gasteiger partial charge < -0.3 is 19.7 Å². The number of carbonyl (C=O) groups is 4. The van der Waals surface area contributed by atoms with Gasteiger partial charge in [-0.1, -0.05) is 155 Å². The smallest absolute Gasteiger partial charge is 0.306 e. The largest absolute Gasteiger partial charge is 0.481 e. The zero-order valence-electron chi connectivity index (χ0n) is 34.5. The number of allylic oxidation sites excluding steroid dienone is 26. The van der Waals surface area contributed by atoms with Crippen LogP contribution in [0.2, 0.25) is 0 Å². The number of ether oxygens (including phenoxy) is 2. The van der Waals surface area contributed by atoms with Crippen molar-refractivity contribution in [3.63, 3.8) is 0 Å². The summed E-state index contributed by atoms with van der Waals surface area (Å²) in [5, 5.41) is 17.3. The first-order chi connectivity index (χ1) is 26.6. The van der Waals surface area contributed by atoms with E-state index in [1.165, 1.54) is 5.57 Å². The highest BCUT2D eigenvalue weighted by Gasteiger charge is 2.07. The molecule has 0 heterocycles. The third kappa shape index (κ3) is 32.9. The van der Waals surface area contributed by atoms with E-state index in [0.717, 1.165) is 51.9 Å². The number of rotatable bonds is 25. The van der Waals surface area contributed by atoms with Crippen molar-refractivity contribution >= 4 is 23.9 Å². The molecule has 0 aliphatic rings. The monoisotopic (exact) mass is 766 g/mol. The standard InChI is InChI=1S/C48H62O8/c1-37(19-11-21-39(3)23-13-25-41(5)27-15-29-43(7)35-55-47(53)33-31-45(49)50)17-9-10-18-38(2)20-12-22-40(4)24-14-26-42(6)28-16-30-44(8)36-56-48(54)34-32-46(51)52/h9-15,17-27,29-30H,16,28,31-36H2,1-8H3,(H,49,50)(H,51,52). The lowest BCUT2D eigenvalue weighted by Crippen LogP contribution is -2.08. The molecule has 0 bridgehead atoms. The summed E-state index contributed by atoms with van der Waals surface area (Å²) < 4.78 is 10.2. The highest BCUT2D eigenvalue weighted by atomic mass is 16.5. The fourth-order valence-corrected chi connectivity index (χ4v) is 4.16. The first-order valence-electron chi connectivity index (χ1n) is 18.7. The maximum absolute atomic E-state index is 11.5. The SMILES string of the molecule is CC(C=CC=C(C)C=CC=C(C)C=CC=C(C)COC(=O)CCC(=O)O)=CC=CC=C(C)C=CC=C(C)C=CC=C(C)CCC=C(C)COC(=O)CCC(=O)O. The van der Waals surface area contributed by atoms with Crippen molar-refractivity contribution in [2.24, 2.45) is 0 Å². The molecule has 0 aromatic rings. The summed E-state index contributed by atoms with van der Waals surface area (Å²) in [4.78, 5) is 44.1. The van der Waals surface area contributed by atoms with E-state index in [4.69, 9.17) is 19.7 Å². The minimum absolute atomic E-state index is 0.111. The van der Waals surface area contributed by atoms with Gasteiger partial charge >= 0.3 is 23.9 Å². The fourth-order valence-electron chi connectivity index (χ4n) is 4.16. The second kappa shape index (κ2) is 31.6. The molecule has 2 N–H and O–H groups in total. The summed E-state index contributed by atoms with van der Waals surface area (Å²) in [6.07, 6.45) is 41.5. The van der Waals surface area contributed by atoms with Gasteiger partial charge in [-0.15, -0.1) is 0 Å². The van der Waals surface area contributed by atoms with Crippen LogP contribution in [0.4, 0.5) is 0 Å². The molecule has 302 valence electrons. The average Bonchev–Trinajstić information content (AvgIpc) is 3.13. The number of aliphatic carboxylic acids is 2. The zero-order chi connectivity index (χ0) is 42.1. The van der Waals surface area contributed by atoms with E-state index < -0.39 is 23.9 Å². The normalized spacial score (nSPS) is 14.8. The quantitative estimate of drug-likeness (QED) is 0.0534. The van der Waals surface area contributed by atoms with Crippen molar-refractivity contribution in [1.29, 1.82) is 0 Å². The van der Waals surface area contributed by atoms with Gasteiger partial charge in [0.05, 0.1) is 25.7 Å². The molecule has 0 radical (unpaired) electrons. The molecule has 0 aromatic carbocycles. The summed E-state index contributed by atoms with van der Waals surface area (Å²) in [5.41, 5.74) is 8.61. The Morgan fingerprint density at radius 1 is 0.393 bits per heavy atom. The van der Waals surface area contributed by atoms with Gasteiger partial charge in [-0.3, -0.25) is 19.2 Å². The Hall–Kier alpha value is -5.76. The van der Waals surface area contributed by atoms with E-state index in [2.05, 4.69) is 76.3 Å². The molecule has 0 aliphatic carbocycles. The van der Waals surface area contributed by atoms with Crippen LogP contribution in [0.15, 0.2) is 166 Å². The minimum atomic E-state index is -1.02. The lowest BCUT2D eigenvalue weighted by molar-refractivity contribution is -0.147. The number of hydrogen-bond donors (Lipinski definition) is 2. The fraction of sp³-hybridized carbons (Fsp3) is 0.333. The number of hydrogen-bond acceptors (Lipinski definition) is 6. The van der Waals surface area contributed by atoms with Crippen LogP contribution < -0.4 is 0 Å². The van der Waals surface area contributed by atoms with Crippen LogP contribution in [-0.4, -0.2) is 47.3 Å². The van der Waals surface area contributed by atoms with Crippen LogP contribution >= 0.6 is 0 Å². The summed E-state index contributed by atoms with van der Waals surface area (Å²) >= 11 is 0. The predicted molar refractivity (Wildman–Crippen MR) is 230 cm³/mol. The molecule has 0 fully saturated rings. The van der Waals surface area contributed by atoms with Crippen molar-refractivity contribution in [2.75, 3.05) is 13.2 Å². The maximum Gasteiger partial charge on any atom is 0.306 e. The molecule has 0 aromatic heterocycles. The third-order valence-electron chi connectivity index (χ3n) is 7.50. The Morgan fingerprint density at radius 2 is 0.714 bits per heavy atom. The molecule has 0 rings (SSSR count). The van der Waals surface area contributed by atoms with Crippen molar-refractivity contribution < 1.29 is 38.9 Å². The number of esters is 2. The highest BCUT2D eigenvalue weighted by Crippen LogP contribution is 2.09. The van der Waals surface area contributed by atoms with Gasteiger partial charge in [0, 0.05) is 0 Å². The molecule has 0 aliphatic heterocycles. The molecule has 56 heavy (non-hydrogen) atoms. The number of carboxylic acid groups (broad SMARTS) is 2. The summed E-state index contributed by atoms with van der Waals surface area (Å²) in [6.45, 7) is 16.4. The van der Waals surface area contributed by atoms with Crippen LogP contribution in [0.25, 0.3) is 0 Å². The first-order valence-corrected chi connectivity index (χ1v) is 18.7. The van der Waals surface area contributed by atoms with E-state index in [9.17, 15) is 19.2 Å². The van der Waals surface area contributed by atoms with Gasteiger partial charge in [0.25, 0.3) is 0 Å². The molecular formula is C48H62O8. The molecule has 0 amide bonds. The van der Waals surface area contributed by atoms with Gasteiger partial charge in [0.2, 0.25) is 0 Å². The van der Waals surface area contributed by atoms with E-state index in [1.807, 2.05) is 101 Å². The lowest BCUT2D eigenvalue weighted by Gasteiger charge is -2.04. The Labute approximate surface area is 335 Å². The van der Waals surface area contributed by atoms with Gasteiger partial charge in [0.1, 0.15) is 13.2 Å². The van der Waals surface area contributed by atoms with Crippen molar-refractivity contribution in [2.45, 2.75) is 93.9 Å². The van der Waals surface area contributed by atoms with Crippen LogP contribution in [0.1, 0.15) is 93.9 Å². The Bertz CT molecular complexity index is 1740. The molecule has 0 saturated heterocycles. The molecule has 0 unspecified atom stereocenters. The minimum Gasteiger partial charge on any atom is -0.481 e. The molecule has 8 heteroatoms. The van der Waals surface area contributed by atoms with Gasteiger partial charge in [-0.25, -0.2) is 0 Å². The number of carboxylic acids is 2. The molecule has 0 atom stereocenters. The van der Waals surface area contributed by atoms with Crippen molar-refractivity contribution in [3.8, 4) is 0 Å². The van der Waals surface area contributed by atoms with Gasteiger partial charge in [-0.2, -0.15) is 0 Å². The van der Waals surface area contributed by atoms with Crippen molar-refractivity contribution in [3.05, 3.63) is 166 Å². The Morgan fingerprint density at radius 3 is 1.09 bits per heavy atom. The van der Waals surface area contributed by atoms with E-state index in [-0.39, 0.29) is 38.9 Å². The topological polar surface area (TPSA) is 127 Å². The van der Waals surface area contributed by atoms with E-state index in [1.54, 1.807) is 0 Å². The number of carbonyl (C=O) groups excluding carboxylic acids is 2. The summed E-state index contributed by atoms with van der Waals surface area (Å²) in [7, 11) is 0. The van der Waals surface area contributed by atoms with Crippen LogP contribution in [0, 0.1) is 0 Å². The highest BCUT2D eigenvalue weighted by molar-refractivity contribution is 5.77. The summed E-state index contributed by atoms with van der Waals surface area (Å²) in [6, 6.07) is 0. The van der Waals surface area contributed by atoms with Crippen LogP contribution in [0.3, 0.4) is 0 Å². The average molecular weight is 767 g/mol. The second-order valence-corrected chi connectivity index (χ2v) is 13.5.